The third-order valence-corrected chi connectivity index (χ3v) is 11.0. The highest BCUT2D eigenvalue weighted by atomic mass is 16.2. The van der Waals surface area contributed by atoms with Crippen molar-refractivity contribution in [3.63, 3.8) is 0 Å². The summed E-state index contributed by atoms with van der Waals surface area (Å²) in [6.07, 6.45) is 43.3. The van der Waals surface area contributed by atoms with Gasteiger partial charge in [-0.15, -0.1) is 0 Å². The predicted molar refractivity (Wildman–Crippen MR) is 255 cm³/mol. The van der Waals surface area contributed by atoms with Gasteiger partial charge in [0.2, 0.25) is 23.6 Å². The zero-order valence-corrected chi connectivity index (χ0v) is 39.7. The Balaban J connectivity index is 3.89. The first kappa shape index (κ1) is 57.3. The topological polar surface area (TPSA) is 123 Å². The standard InChI is InChI=1S/C50H96N6O4/c1-5-7-9-11-13-15-17-19-21-23-25-27-29-31-33-35-47(57)51-39-41-53-49(59)37-43-56(46-45-55(3)4)44-38-50(60)54-42-40-52-48(58)36-34-32-30-28-26-24-22-20-18-16-14-12-10-8-6-2/h19-22H,5-18,23-46H2,1-4H3,(H,51,57)(H,52,58)(H,53,59)(H,54,60)/b21-19-,22-20-. The molecule has 0 atom stereocenters. The molecule has 4 N–H and O–H groups in total. The minimum atomic E-state index is -0.0571. The van der Waals surface area contributed by atoms with Crippen LogP contribution in [0.5, 0.6) is 0 Å². The van der Waals surface area contributed by atoms with Crippen molar-refractivity contribution >= 4 is 23.6 Å². The van der Waals surface area contributed by atoms with Gasteiger partial charge in [-0.05, 0) is 78.3 Å². The number of likely N-dealkylation sites (N-methyl/N-ethyl adjacent to an activating group) is 1. The van der Waals surface area contributed by atoms with Crippen LogP contribution in [0.25, 0.3) is 0 Å². The first-order valence-electron chi connectivity index (χ1n) is 25.0. The van der Waals surface area contributed by atoms with Gasteiger partial charge >= 0.3 is 0 Å². The van der Waals surface area contributed by atoms with Crippen molar-refractivity contribution in [1.29, 1.82) is 0 Å². The Morgan fingerprint density at radius 1 is 0.350 bits per heavy atom. The molecule has 10 nitrogen and oxygen atoms in total. The monoisotopic (exact) mass is 845 g/mol. The van der Waals surface area contributed by atoms with Gasteiger partial charge in [0.1, 0.15) is 0 Å². The molecule has 4 amide bonds. The lowest BCUT2D eigenvalue weighted by molar-refractivity contribution is -0.123. The van der Waals surface area contributed by atoms with E-state index in [1.807, 2.05) is 14.1 Å². The molecule has 10 heteroatoms. The molecule has 0 radical (unpaired) electrons. The number of hydrogen-bond acceptors (Lipinski definition) is 6. The molecule has 0 spiro atoms. The molecule has 0 aromatic heterocycles. The van der Waals surface area contributed by atoms with Crippen molar-refractivity contribution in [3.8, 4) is 0 Å². The van der Waals surface area contributed by atoms with Gasteiger partial charge in [-0.2, -0.15) is 0 Å². The number of allylic oxidation sites excluding steroid dienone is 4. The van der Waals surface area contributed by atoms with E-state index in [0.29, 0.717) is 65.0 Å². The number of hydrogen-bond donors (Lipinski definition) is 4. The van der Waals surface area contributed by atoms with Crippen LogP contribution in [0.15, 0.2) is 24.3 Å². The molecule has 0 aliphatic carbocycles. The van der Waals surface area contributed by atoms with Crippen molar-refractivity contribution in [2.45, 2.75) is 206 Å². The third kappa shape index (κ3) is 44.8. The van der Waals surface area contributed by atoms with Crippen LogP contribution in [0.3, 0.4) is 0 Å². The molecule has 350 valence electrons. The molecule has 0 fully saturated rings. The van der Waals surface area contributed by atoms with E-state index < -0.39 is 0 Å². The lowest BCUT2D eigenvalue weighted by Gasteiger charge is -2.23. The summed E-state index contributed by atoms with van der Waals surface area (Å²) in [6.45, 7) is 8.89. The predicted octanol–water partition coefficient (Wildman–Crippen LogP) is 10.2. The van der Waals surface area contributed by atoms with Crippen molar-refractivity contribution in [2.75, 3.05) is 66.5 Å². The molecule has 0 bridgehead atoms. The zero-order chi connectivity index (χ0) is 44.0. The first-order valence-corrected chi connectivity index (χ1v) is 25.0. The highest BCUT2D eigenvalue weighted by Gasteiger charge is 2.12. The van der Waals surface area contributed by atoms with E-state index in [4.69, 9.17) is 0 Å². The van der Waals surface area contributed by atoms with E-state index in [-0.39, 0.29) is 23.6 Å². The molecule has 0 saturated heterocycles. The van der Waals surface area contributed by atoms with E-state index in [0.717, 1.165) is 51.6 Å². The van der Waals surface area contributed by atoms with E-state index >= 15 is 0 Å². The van der Waals surface area contributed by atoms with Crippen LogP contribution >= 0.6 is 0 Å². The van der Waals surface area contributed by atoms with Crippen molar-refractivity contribution < 1.29 is 19.2 Å². The second-order valence-corrected chi connectivity index (χ2v) is 17.2. The molecule has 0 aromatic rings. The second-order valence-electron chi connectivity index (χ2n) is 17.2. The Labute approximate surface area is 370 Å². The van der Waals surface area contributed by atoms with Crippen LogP contribution in [0, 0.1) is 0 Å². The summed E-state index contributed by atoms with van der Waals surface area (Å²) < 4.78 is 0. The largest absolute Gasteiger partial charge is 0.354 e. The molecule has 0 heterocycles. The first-order chi connectivity index (χ1) is 29.3. The van der Waals surface area contributed by atoms with Crippen LogP contribution in [-0.2, 0) is 19.2 Å². The number of amides is 4. The Kier molecular flexibility index (Phi) is 43.7. The molecule has 0 aliphatic rings. The van der Waals surface area contributed by atoms with Crippen molar-refractivity contribution in [3.05, 3.63) is 24.3 Å². The second kappa shape index (κ2) is 45.8. The molecule has 60 heavy (non-hydrogen) atoms. The highest BCUT2D eigenvalue weighted by molar-refractivity contribution is 5.78. The van der Waals surface area contributed by atoms with E-state index in [9.17, 15) is 19.2 Å². The van der Waals surface area contributed by atoms with Crippen LogP contribution in [-0.4, -0.2) is 99.9 Å². The van der Waals surface area contributed by atoms with Crippen LogP contribution in [0.1, 0.15) is 206 Å². The fraction of sp³-hybridized carbons (Fsp3) is 0.840. The van der Waals surface area contributed by atoms with Gasteiger partial charge in [-0.25, -0.2) is 0 Å². The number of nitrogens with one attached hydrogen (secondary N) is 4. The molecule has 0 rings (SSSR count). The fourth-order valence-corrected chi connectivity index (χ4v) is 7.07. The Bertz CT molecular complexity index is 989. The van der Waals surface area contributed by atoms with E-state index in [2.05, 4.69) is 69.2 Å². The molecule has 0 unspecified atom stereocenters. The van der Waals surface area contributed by atoms with Gasteiger partial charge in [0.25, 0.3) is 0 Å². The normalized spacial score (nSPS) is 11.6. The maximum Gasteiger partial charge on any atom is 0.221 e. The minimum Gasteiger partial charge on any atom is -0.354 e. The molecular weight excluding hydrogens is 749 g/mol. The number of unbranched alkanes of at least 4 members (excludes halogenated alkanes) is 22. The molecule has 0 aliphatic heterocycles. The molecule has 0 aromatic carbocycles. The average molecular weight is 845 g/mol. The number of rotatable bonds is 45. The van der Waals surface area contributed by atoms with Gasteiger partial charge in [0.15, 0.2) is 0 Å². The lowest BCUT2D eigenvalue weighted by atomic mass is 10.1. The number of nitrogens with zero attached hydrogens (tertiary/aromatic N) is 2. The van der Waals surface area contributed by atoms with Gasteiger partial charge in [-0.3, -0.25) is 19.2 Å². The average Bonchev–Trinajstić information content (AvgIpc) is 3.23. The Morgan fingerprint density at radius 3 is 0.950 bits per heavy atom. The fourth-order valence-electron chi connectivity index (χ4n) is 7.07. The third-order valence-electron chi connectivity index (χ3n) is 11.0. The molecule has 0 saturated carbocycles. The van der Waals surface area contributed by atoms with Gasteiger partial charge < -0.3 is 31.1 Å². The summed E-state index contributed by atoms with van der Waals surface area (Å²) in [5.41, 5.74) is 0. The van der Waals surface area contributed by atoms with Crippen LogP contribution in [0.4, 0.5) is 0 Å². The lowest BCUT2D eigenvalue weighted by Crippen LogP contribution is -2.40. The van der Waals surface area contributed by atoms with E-state index in [1.54, 1.807) is 0 Å². The SMILES string of the molecule is CCCCCCCC/C=C\CCCCCCCC(=O)NCCNC(=O)CCN(CCC(=O)NCCNC(=O)CCCCCCC/C=C\CCCCCCCC)CCN(C)C. The van der Waals surface area contributed by atoms with Gasteiger partial charge in [0, 0.05) is 78.0 Å². The highest BCUT2D eigenvalue weighted by Crippen LogP contribution is 2.12. The Morgan fingerprint density at radius 2 is 0.633 bits per heavy atom. The van der Waals surface area contributed by atoms with Crippen molar-refractivity contribution in [1.82, 2.24) is 31.1 Å². The number of carbonyl (C=O) groups is 4. The summed E-state index contributed by atoms with van der Waals surface area (Å²) >= 11 is 0. The van der Waals surface area contributed by atoms with Gasteiger partial charge in [-0.1, -0.05) is 141 Å². The van der Waals surface area contributed by atoms with E-state index in [1.165, 1.54) is 128 Å². The van der Waals surface area contributed by atoms with Crippen LogP contribution < -0.4 is 21.3 Å². The minimum absolute atomic E-state index is 0.0473. The van der Waals surface area contributed by atoms with Crippen LogP contribution in [0.2, 0.25) is 0 Å². The quantitative estimate of drug-likeness (QED) is 0.0358. The maximum absolute atomic E-state index is 12.5. The van der Waals surface area contributed by atoms with Crippen molar-refractivity contribution in [2.24, 2.45) is 0 Å². The molecular formula is C50H96N6O4. The van der Waals surface area contributed by atoms with Gasteiger partial charge in [0.05, 0.1) is 0 Å². The zero-order valence-electron chi connectivity index (χ0n) is 39.7. The Hall–Kier alpha value is -2.72. The summed E-state index contributed by atoms with van der Waals surface area (Å²) in [6, 6.07) is 0. The smallest absolute Gasteiger partial charge is 0.221 e. The maximum atomic E-state index is 12.5. The summed E-state index contributed by atoms with van der Waals surface area (Å²) in [4.78, 5) is 53.8. The summed E-state index contributed by atoms with van der Waals surface area (Å²) in [7, 11) is 4.02. The number of carbonyl (C=O) groups excluding carboxylic acids is 4. The summed E-state index contributed by atoms with van der Waals surface area (Å²) in [5.74, 6) is -0.0195. The summed E-state index contributed by atoms with van der Waals surface area (Å²) in [5, 5.41) is 11.7.